The lowest BCUT2D eigenvalue weighted by Gasteiger charge is -2.27. The summed E-state index contributed by atoms with van der Waals surface area (Å²) in [4.78, 5) is 37.1. The number of rotatable bonds is 3. The normalized spacial score (nSPS) is 20.2. The Balaban J connectivity index is 2.35. The summed E-state index contributed by atoms with van der Waals surface area (Å²) in [5.41, 5.74) is 0.336. The maximum absolute atomic E-state index is 12.6. The molecule has 7 heteroatoms. The van der Waals surface area contributed by atoms with Crippen LogP contribution in [0.15, 0.2) is 24.3 Å². The van der Waals surface area contributed by atoms with Crippen LogP contribution in [0, 0.1) is 17.2 Å². The van der Waals surface area contributed by atoms with E-state index in [2.05, 4.69) is 0 Å². The quantitative estimate of drug-likeness (QED) is 0.903. The van der Waals surface area contributed by atoms with E-state index in [-0.39, 0.29) is 12.8 Å². The van der Waals surface area contributed by atoms with Crippen molar-refractivity contribution in [3.05, 3.63) is 35.4 Å². The molecule has 0 bridgehead atoms. The molecule has 0 aliphatic carbocycles. The van der Waals surface area contributed by atoms with E-state index in [0.717, 1.165) is 4.90 Å². The van der Waals surface area contributed by atoms with Gasteiger partial charge in [-0.1, -0.05) is 12.1 Å². The van der Waals surface area contributed by atoms with Crippen LogP contribution in [0.4, 0.5) is 4.79 Å². The topological polar surface area (TPSA) is 108 Å². The van der Waals surface area contributed by atoms with Gasteiger partial charge in [-0.25, -0.2) is 9.69 Å². The predicted molar refractivity (Wildman–Crippen MR) is 87.3 cm³/mol. The maximum Gasteiger partial charge on any atom is 0.417 e. The Morgan fingerprint density at radius 1 is 1.32 bits per heavy atom. The van der Waals surface area contributed by atoms with Gasteiger partial charge in [-0.2, -0.15) is 5.26 Å². The molecule has 1 saturated heterocycles. The number of carboxylic acid groups (broad SMARTS) is 1. The summed E-state index contributed by atoms with van der Waals surface area (Å²) >= 11 is 0. The molecule has 0 spiro atoms. The minimum atomic E-state index is -1.09. The standard InChI is InChI=1S/C18H20N2O5/c1-18(2,3)25-17(24)20-14(8-13(16(20)23)9-15(21)22)12-6-4-11(10-19)5-7-12/h4-7,13-14H,8-9H2,1-3H3,(H,21,22). The van der Waals surface area contributed by atoms with Gasteiger partial charge in [-0.05, 0) is 44.9 Å². The molecule has 0 saturated carbocycles. The lowest BCUT2D eigenvalue weighted by Crippen LogP contribution is -2.40. The van der Waals surface area contributed by atoms with Crippen molar-refractivity contribution >= 4 is 18.0 Å². The fourth-order valence-electron chi connectivity index (χ4n) is 2.80. The van der Waals surface area contributed by atoms with E-state index in [1.807, 2.05) is 6.07 Å². The van der Waals surface area contributed by atoms with E-state index in [0.29, 0.717) is 11.1 Å². The molecule has 1 fully saturated rings. The Kier molecular flexibility index (Phi) is 5.12. The molecular formula is C18H20N2O5. The van der Waals surface area contributed by atoms with E-state index < -0.39 is 35.5 Å². The monoisotopic (exact) mass is 344 g/mol. The molecule has 0 radical (unpaired) electrons. The average molecular weight is 344 g/mol. The van der Waals surface area contributed by atoms with Crippen molar-refractivity contribution in [1.29, 1.82) is 5.26 Å². The number of carbonyl (C=O) groups is 3. The number of imide groups is 1. The molecule has 1 aliphatic rings. The molecule has 1 aromatic rings. The molecule has 1 aromatic carbocycles. The van der Waals surface area contributed by atoms with Gasteiger partial charge >= 0.3 is 12.1 Å². The van der Waals surface area contributed by atoms with Crippen LogP contribution in [0.5, 0.6) is 0 Å². The number of hydrogen-bond acceptors (Lipinski definition) is 5. The summed E-state index contributed by atoms with van der Waals surface area (Å²) in [5, 5.41) is 17.9. The number of ether oxygens (including phenoxy) is 1. The second-order valence-corrected chi connectivity index (χ2v) is 6.97. The fraction of sp³-hybridized carbons (Fsp3) is 0.444. The van der Waals surface area contributed by atoms with Gasteiger partial charge in [0.1, 0.15) is 5.60 Å². The predicted octanol–water partition coefficient (Wildman–Crippen LogP) is 2.86. The summed E-state index contributed by atoms with van der Waals surface area (Å²) in [5.74, 6) is -2.43. The molecular weight excluding hydrogens is 324 g/mol. The van der Waals surface area contributed by atoms with Crippen LogP contribution in [0.1, 0.15) is 50.8 Å². The maximum atomic E-state index is 12.6. The highest BCUT2D eigenvalue weighted by Gasteiger charge is 2.46. The minimum absolute atomic E-state index is 0.205. The van der Waals surface area contributed by atoms with E-state index in [1.54, 1.807) is 45.0 Å². The van der Waals surface area contributed by atoms with Crippen LogP contribution >= 0.6 is 0 Å². The first-order chi connectivity index (χ1) is 11.6. The summed E-state index contributed by atoms with van der Waals surface area (Å²) in [6, 6.07) is 7.91. The van der Waals surface area contributed by atoms with Gasteiger partial charge < -0.3 is 9.84 Å². The zero-order chi connectivity index (χ0) is 18.8. The van der Waals surface area contributed by atoms with E-state index in [1.165, 1.54) is 0 Å². The first-order valence-corrected chi connectivity index (χ1v) is 7.90. The Morgan fingerprint density at radius 2 is 1.92 bits per heavy atom. The third-order valence-corrected chi connectivity index (χ3v) is 3.84. The number of benzene rings is 1. The number of carboxylic acids is 1. The third kappa shape index (κ3) is 4.35. The van der Waals surface area contributed by atoms with Crippen LogP contribution in [-0.2, 0) is 14.3 Å². The van der Waals surface area contributed by atoms with Crippen LogP contribution < -0.4 is 0 Å². The molecule has 25 heavy (non-hydrogen) atoms. The SMILES string of the molecule is CC(C)(C)OC(=O)N1C(=O)C(CC(=O)O)CC1c1ccc(C#N)cc1. The first-order valence-electron chi connectivity index (χ1n) is 7.90. The molecule has 1 N–H and O–H groups in total. The lowest BCUT2D eigenvalue weighted by atomic mass is 9.97. The van der Waals surface area contributed by atoms with E-state index in [4.69, 9.17) is 15.1 Å². The largest absolute Gasteiger partial charge is 0.481 e. The number of likely N-dealkylation sites (tertiary alicyclic amines) is 1. The van der Waals surface area contributed by atoms with Crippen LogP contribution in [-0.4, -0.2) is 33.6 Å². The van der Waals surface area contributed by atoms with Crippen molar-refractivity contribution in [3.63, 3.8) is 0 Å². The molecule has 2 rings (SSSR count). The van der Waals surface area contributed by atoms with Crippen molar-refractivity contribution in [3.8, 4) is 6.07 Å². The van der Waals surface area contributed by atoms with Crippen molar-refractivity contribution < 1.29 is 24.2 Å². The molecule has 2 amide bonds. The van der Waals surface area contributed by atoms with Crippen molar-refractivity contribution in [1.82, 2.24) is 4.90 Å². The van der Waals surface area contributed by atoms with Gasteiger partial charge in [0.25, 0.3) is 0 Å². The second kappa shape index (κ2) is 6.93. The Bertz CT molecular complexity index is 727. The smallest absolute Gasteiger partial charge is 0.417 e. The highest BCUT2D eigenvalue weighted by Crippen LogP contribution is 2.39. The summed E-state index contributed by atoms with van der Waals surface area (Å²) in [6.07, 6.45) is -0.930. The Morgan fingerprint density at radius 3 is 2.40 bits per heavy atom. The second-order valence-electron chi connectivity index (χ2n) is 6.97. The number of carbonyl (C=O) groups excluding carboxylic acids is 2. The minimum Gasteiger partial charge on any atom is -0.481 e. The van der Waals surface area contributed by atoms with Gasteiger partial charge in [0, 0.05) is 0 Å². The number of nitrogens with zero attached hydrogens (tertiary/aromatic N) is 2. The molecule has 0 aromatic heterocycles. The van der Waals surface area contributed by atoms with Gasteiger partial charge in [0.2, 0.25) is 5.91 Å². The molecule has 1 aliphatic heterocycles. The number of amides is 2. The van der Waals surface area contributed by atoms with Crippen molar-refractivity contribution in [2.75, 3.05) is 0 Å². The summed E-state index contributed by atoms with van der Waals surface area (Å²) in [7, 11) is 0. The summed E-state index contributed by atoms with van der Waals surface area (Å²) in [6.45, 7) is 5.07. The van der Waals surface area contributed by atoms with Gasteiger partial charge in [-0.15, -0.1) is 0 Å². The summed E-state index contributed by atoms with van der Waals surface area (Å²) < 4.78 is 5.31. The van der Waals surface area contributed by atoms with Gasteiger partial charge in [0.05, 0.1) is 30.0 Å². The first kappa shape index (κ1) is 18.5. The Labute approximate surface area is 145 Å². The molecule has 2 atom stereocenters. The lowest BCUT2D eigenvalue weighted by molar-refractivity contribution is -0.142. The molecule has 7 nitrogen and oxygen atoms in total. The van der Waals surface area contributed by atoms with E-state index >= 15 is 0 Å². The Hall–Kier alpha value is -2.88. The zero-order valence-corrected chi connectivity index (χ0v) is 14.4. The fourth-order valence-corrected chi connectivity index (χ4v) is 2.80. The van der Waals surface area contributed by atoms with Gasteiger partial charge in [-0.3, -0.25) is 9.59 Å². The van der Waals surface area contributed by atoms with Crippen LogP contribution in [0.3, 0.4) is 0 Å². The van der Waals surface area contributed by atoms with Gasteiger partial charge in [0.15, 0.2) is 0 Å². The van der Waals surface area contributed by atoms with Crippen LogP contribution in [0.2, 0.25) is 0 Å². The van der Waals surface area contributed by atoms with Crippen molar-refractivity contribution in [2.45, 2.75) is 45.3 Å². The highest BCUT2D eigenvalue weighted by molar-refractivity contribution is 5.97. The highest BCUT2D eigenvalue weighted by atomic mass is 16.6. The molecule has 1 heterocycles. The van der Waals surface area contributed by atoms with E-state index in [9.17, 15) is 14.4 Å². The number of nitriles is 1. The average Bonchev–Trinajstić information content (AvgIpc) is 2.82. The third-order valence-electron chi connectivity index (χ3n) is 3.84. The zero-order valence-electron chi connectivity index (χ0n) is 14.4. The molecule has 2 unspecified atom stereocenters. The number of hydrogen-bond donors (Lipinski definition) is 1. The number of aliphatic carboxylic acids is 1. The van der Waals surface area contributed by atoms with Crippen molar-refractivity contribution in [2.24, 2.45) is 5.92 Å². The molecule has 132 valence electrons. The van der Waals surface area contributed by atoms with Crippen LogP contribution in [0.25, 0.3) is 0 Å².